The number of methoxy groups -OCH3 is 1. The van der Waals surface area contributed by atoms with Crippen LogP contribution in [0.1, 0.15) is 5.82 Å². The molecule has 3 rings (SSSR count). The standard InChI is InChI=1S/C17H18N4O2S/c1-12-18-17(20-19-12)13-4-6-14(7-5-13)21-24(3,22)16-10-8-15(23-2)9-11-16/h4-11H,1-3H3,(H,18,19,20). The van der Waals surface area contributed by atoms with Crippen molar-refractivity contribution >= 4 is 15.4 Å². The van der Waals surface area contributed by atoms with Crippen LogP contribution in [0.3, 0.4) is 0 Å². The number of hydrogen-bond acceptors (Lipinski definition) is 5. The topological polar surface area (TPSA) is 80.2 Å². The highest BCUT2D eigenvalue weighted by molar-refractivity contribution is 7.93. The summed E-state index contributed by atoms with van der Waals surface area (Å²) in [6.45, 7) is 1.85. The van der Waals surface area contributed by atoms with E-state index in [-0.39, 0.29) is 0 Å². The van der Waals surface area contributed by atoms with Gasteiger partial charge in [-0.15, -0.1) is 0 Å². The van der Waals surface area contributed by atoms with Crippen molar-refractivity contribution in [1.82, 2.24) is 15.2 Å². The SMILES string of the molecule is COc1ccc(S(C)(=O)=Nc2ccc(-c3n[nH]c(C)n3)cc2)cc1. The largest absolute Gasteiger partial charge is 0.497 e. The van der Waals surface area contributed by atoms with E-state index in [9.17, 15) is 4.21 Å². The van der Waals surface area contributed by atoms with Gasteiger partial charge in [-0.1, -0.05) is 0 Å². The molecule has 3 aromatic rings. The summed E-state index contributed by atoms with van der Waals surface area (Å²) in [6, 6.07) is 14.5. The van der Waals surface area contributed by atoms with Crippen LogP contribution in [0.4, 0.5) is 5.69 Å². The first-order valence-corrected chi connectivity index (χ1v) is 9.26. The number of hydrogen-bond donors (Lipinski definition) is 1. The van der Waals surface area contributed by atoms with Crippen LogP contribution in [0.15, 0.2) is 57.8 Å². The number of aryl methyl sites for hydroxylation is 1. The summed E-state index contributed by atoms with van der Waals surface area (Å²) < 4.78 is 22.4. The minimum Gasteiger partial charge on any atom is -0.497 e. The van der Waals surface area contributed by atoms with Crippen LogP contribution in [0.25, 0.3) is 11.4 Å². The molecule has 0 bridgehead atoms. The average molecular weight is 342 g/mol. The zero-order valence-electron chi connectivity index (χ0n) is 13.7. The number of ether oxygens (including phenoxy) is 1. The average Bonchev–Trinajstić information content (AvgIpc) is 3.02. The maximum atomic E-state index is 12.9. The second-order valence-corrected chi connectivity index (χ2v) is 7.62. The van der Waals surface area contributed by atoms with Gasteiger partial charge in [-0.3, -0.25) is 5.10 Å². The molecule has 0 aliphatic rings. The van der Waals surface area contributed by atoms with Crippen LogP contribution in [-0.4, -0.2) is 32.8 Å². The molecule has 124 valence electrons. The van der Waals surface area contributed by atoms with Gasteiger partial charge in [-0.2, -0.15) is 9.46 Å². The second kappa shape index (κ2) is 6.45. The van der Waals surface area contributed by atoms with Crippen LogP contribution in [0.5, 0.6) is 5.75 Å². The highest BCUT2D eigenvalue weighted by atomic mass is 32.2. The molecule has 0 saturated heterocycles. The van der Waals surface area contributed by atoms with Gasteiger partial charge < -0.3 is 4.74 Å². The first-order chi connectivity index (χ1) is 11.5. The fraction of sp³-hybridized carbons (Fsp3) is 0.176. The lowest BCUT2D eigenvalue weighted by atomic mass is 10.2. The Morgan fingerprint density at radius 2 is 1.75 bits per heavy atom. The summed E-state index contributed by atoms with van der Waals surface area (Å²) in [5, 5.41) is 6.93. The number of aromatic amines is 1. The van der Waals surface area contributed by atoms with Crippen molar-refractivity contribution in [2.45, 2.75) is 11.8 Å². The van der Waals surface area contributed by atoms with Crippen LogP contribution in [0, 0.1) is 6.92 Å². The summed E-state index contributed by atoms with van der Waals surface area (Å²) in [5.41, 5.74) is 1.53. The van der Waals surface area contributed by atoms with Gasteiger partial charge in [0.1, 0.15) is 11.6 Å². The van der Waals surface area contributed by atoms with Crippen molar-refractivity contribution in [1.29, 1.82) is 0 Å². The van der Waals surface area contributed by atoms with Gasteiger partial charge in [0.05, 0.1) is 22.5 Å². The predicted octanol–water partition coefficient (Wildman–Crippen LogP) is 3.58. The lowest BCUT2D eigenvalue weighted by Crippen LogP contribution is -1.97. The Morgan fingerprint density at radius 3 is 2.29 bits per heavy atom. The molecule has 1 N–H and O–H groups in total. The molecular formula is C17H18N4O2S. The van der Waals surface area contributed by atoms with E-state index >= 15 is 0 Å². The van der Waals surface area contributed by atoms with E-state index in [0.29, 0.717) is 16.4 Å². The quantitative estimate of drug-likeness (QED) is 0.786. The molecule has 1 unspecified atom stereocenters. The van der Waals surface area contributed by atoms with Gasteiger partial charge in [0.15, 0.2) is 5.82 Å². The summed E-state index contributed by atoms with van der Waals surface area (Å²) in [5.74, 6) is 2.11. The summed E-state index contributed by atoms with van der Waals surface area (Å²) >= 11 is 0. The van der Waals surface area contributed by atoms with Gasteiger partial charge in [0.2, 0.25) is 0 Å². The summed E-state index contributed by atoms with van der Waals surface area (Å²) in [7, 11) is -0.933. The number of nitrogens with zero attached hydrogens (tertiary/aromatic N) is 3. The molecule has 1 heterocycles. The predicted molar refractivity (Wildman–Crippen MR) is 94.0 cm³/mol. The number of nitrogens with one attached hydrogen (secondary N) is 1. The van der Waals surface area contributed by atoms with Crippen LogP contribution in [0.2, 0.25) is 0 Å². The van der Waals surface area contributed by atoms with Gasteiger partial charge >= 0.3 is 0 Å². The number of rotatable bonds is 4. The van der Waals surface area contributed by atoms with Crippen molar-refractivity contribution < 1.29 is 8.95 Å². The lowest BCUT2D eigenvalue weighted by Gasteiger charge is -2.06. The Balaban J connectivity index is 1.90. The fourth-order valence-corrected chi connectivity index (χ4v) is 3.50. The number of H-pyrrole nitrogens is 1. The van der Waals surface area contributed by atoms with Crippen LogP contribution >= 0.6 is 0 Å². The molecule has 0 radical (unpaired) electrons. The highest BCUT2D eigenvalue weighted by Gasteiger charge is 2.08. The van der Waals surface area contributed by atoms with Crippen molar-refractivity contribution in [2.75, 3.05) is 13.4 Å². The van der Waals surface area contributed by atoms with E-state index in [4.69, 9.17) is 4.74 Å². The molecule has 0 aliphatic heterocycles. The maximum absolute atomic E-state index is 12.9. The Kier molecular flexibility index (Phi) is 4.35. The molecule has 0 saturated carbocycles. The monoisotopic (exact) mass is 342 g/mol. The molecule has 24 heavy (non-hydrogen) atoms. The molecule has 1 atom stereocenters. The van der Waals surface area contributed by atoms with Crippen molar-refractivity contribution in [3.05, 3.63) is 54.4 Å². The molecule has 0 aliphatic carbocycles. The van der Waals surface area contributed by atoms with Gasteiger partial charge in [-0.05, 0) is 55.5 Å². The van der Waals surface area contributed by atoms with Crippen LogP contribution < -0.4 is 4.74 Å². The second-order valence-electron chi connectivity index (χ2n) is 5.36. The van der Waals surface area contributed by atoms with Gasteiger partial charge in [0, 0.05) is 16.7 Å². The minimum atomic E-state index is -2.53. The third kappa shape index (κ3) is 3.46. The first-order valence-electron chi connectivity index (χ1n) is 7.33. The maximum Gasteiger partial charge on any atom is 0.181 e. The molecular weight excluding hydrogens is 324 g/mol. The molecule has 0 amide bonds. The van der Waals surface area contributed by atoms with E-state index in [2.05, 4.69) is 19.5 Å². The molecule has 0 fully saturated rings. The molecule has 0 spiro atoms. The zero-order chi connectivity index (χ0) is 17.2. The smallest absolute Gasteiger partial charge is 0.181 e. The van der Waals surface area contributed by atoms with Crippen molar-refractivity contribution in [3.8, 4) is 17.1 Å². The molecule has 7 heteroatoms. The van der Waals surface area contributed by atoms with E-state index in [0.717, 1.165) is 17.1 Å². The van der Waals surface area contributed by atoms with Crippen molar-refractivity contribution in [2.24, 2.45) is 4.36 Å². The Hall–Kier alpha value is -2.67. The zero-order valence-corrected chi connectivity index (χ0v) is 14.5. The minimum absolute atomic E-state index is 0.631. The first kappa shape index (κ1) is 16.2. The van der Waals surface area contributed by atoms with Crippen molar-refractivity contribution in [3.63, 3.8) is 0 Å². The van der Waals surface area contributed by atoms with E-state index in [1.54, 1.807) is 37.6 Å². The molecule has 6 nitrogen and oxygen atoms in total. The van der Waals surface area contributed by atoms with E-state index < -0.39 is 9.73 Å². The number of benzene rings is 2. The molecule has 1 aromatic heterocycles. The number of aromatic nitrogens is 3. The highest BCUT2D eigenvalue weighted by Crippen LogP contribution is 2.24. The van der Waals surface area contributed by atoms with Gasteiger partial charge in [-0.25, -0.2) is 9.19 Å². The third-order valence-electron chi connectivity index (χ3n) is 3.50. The van der Waals surface area contributed by atoms with E-state index in [1.807, 2.05) is 31.2 Å². The third-order valence-corrected chi connectivity index (χ3v) is 5.21. The summed E-state index contributed by atoms with van der Waals surface area (Å²) in [4.78, 5) is 4.95. The lowest BCUT2D eigenvalue weighted by molar-refractivity contribution is 0.414. The fourth-order valence-electron chi connectivity index (χ4n) is 2.23. The molecule has 2 aromatic carbocycles. The van der Waals surface area contributed by atoms with Gasteiger partial charge in [0.25, 0.3) is 0 Å². The Morgan fingerprint density at radius 1 is 1.08 bits per heavy atom. The normalized spacial score (nSPS) is 13.3. The van der Waals surface area contributed by atoms with E-state index in [1.165, 1.54) is 0 Å². The van der Waals surface area contributed by atoms with Crippen LogP contribution in [-0.2, 0) is 9.73 Å². The Bertz CT molecular complexity index is 953. The summed E-state index contributed by atoms with van der Waals surface area (Å²) in [6.07, 6.45) is 1.63. The Labute approximate surface area is 141 Å².